The van der Waals surface area contributed by atoms with Gasteiger partial charge in [-0.25, -0.2) is 4.39 Å². The van der Waals surface area contributed by atoms with Crippen LogP contribution >= 0.6 is 0 Å². The molecule has 0 aliphatic carbocycles. The van der Waals surface area contributed by atoms with Gasteiger partial charge in [0.25, 0.3) is 0 Å². The minimum atomic E-state index is -4.92. The van der Waals surface area contributed by atoms with E-state index >= 15 is 0 Å². The van der Waals surface area contributed by atoms with Crippen LogP contribution in [0.3, 0.4) is 0 Å². The van der Waals surface area contributed by atoms with Crippen molar-refractivity contribution in [1.82, 2.24) is 9.88 Å². The first-order chi connectivity index (χ1) is 10.3. The summed E-state index contributed by atoms with van der Waals surface area (Å²) in [5.41, 5.74) is 0.917. The monoisotopic (exact) mass is 317 g/mol. The summed E-state index contributed by atoms with van der Waals surface area (Å²) in [7, 11) is 0. The van der Waals surface area contributed by atoms with Crippen molar-refractivity contribution in [2.45, 2.75) is 44.3 Å². The van der Waals surface area contributed by atoms with Crippen molar-refractivity contribution < 1.29 is 22.4 Å². The molecule has 7 heteroatoms. The maximum absolute atomic E-state index is 13.5. The second kappa shape index (κ2) is 6.62. The van der Waals surface area contributed by atoms with Crippen molar-refractivity contribution in [2.24, 2.45) is 0 Å². The van der Waals surface area contributed by atoms with Crippen molar-refractivity contribution in [3.8, 4) is 0 Å². The number of aromatic nitrogens is 1. The molecule has 0 N–H and O–H groups in total. The third kappa shape index (κ3) is 3.56. The largest absolute Gasteiger partial charge is 0.471 e. The van der Waals surface area contributed by atoms with Crippen LogP contribution in [0.4, 0.5) is 17.6 Å². The molecular formula is C15H17F4N2O. The highest BCUT2D eigenvalue weighted by molar-refractivity contribution is 5.82. The molecule has 1 saturated heterocycles. The normalized spacial score (nSPS) is 18.8. The number of alkyl halides is 3. The van der Waals surface area contributed by atoms with Crippen LogP contribution in [-0.2, 0) is 11.2 Å². The SMILES string of the molecule is [CH2]CCCc1ncc(F)cc1[C@H]1CCCN1C(=O)C(F)(F)F. The van der Waals surface area contributed by atoms with E-state index in [1.54, 1.807) is 0 Å². The van der Waals surface area contributed by atoms with E-state index in [0.717, 1.165) is 11.1 Å². The third-order valence-electron chi connectivity index (χ3n) is 3.75. The zero-order chi connectivity index (χ0) is 16.3. The minimum absolute atomic E-state index is 0.0221. The number of hydrogen-bond donors (Lipinski definition) is 0. The van der Waals surface area contributed by atoms with Gasteiger partial charge < -0.3 is 4.90 Å². The molecule has 1 aliphatic heterocycles. The molecule has 22 heavy (non-hydrogen) atoms. The minimum Gasteiger partial charge on any atom is -0.328 e. The van der Waals surface area contributed by atoms with Crippen LogP contribution in [0.1, 0.15) is 43.0 Å². The Morgan fingerprint density at radius 2 is 2.18 bits per heavy atom. The predicted octanol–water partition coefficient (Wildman–Crippen LogP) is 3.60. The van der Waals surface area contributed by atoms with Crippen LogP contribution < -0.4 is 0 Å². The number of rotatable bonds is 4. The molecule has 0 bridgehead atoms. The molecule has 1 atom stereocenters. The highest BCUT2D eigenvalue weighted by Gasteiger charge is 2.46. The van der Waals surface area contributed by atoms with Gasteiger partial charge in [-0.2, -0.15) is 13.2 Å². The summed E-state index contributed by atoms with van der Waals surface area (Å²) >= 11 is 0. The Morgan fingerprint density at radius 1 is 1.45 bits per heavy atom. The first kappa shape index (κ1) is 16.7. The van der Waals surface area contributed by atoms with E-state index in [1.807, 2.05) is 0 Å². The van der Waals surface area contributed by atoms with Gasteiger partial charge in [-0.05, 0) is 37.3 Å². The Hall–Kier alpha value is -1.66. The van der Waals surface area contributed by atoms with Crippen LogP contribution in [0, 0.1) is 12.7 Å². The maximum Gasteiger partial charge on any atom is 0.471 e. The lowest BCUT2D eigenvalue weighted by molar-refractivity contribution is -0.186. The van der Waals surface area contributed by atoms with Crippen LogP contribution in [0.2, 0.25) is 0 Å². The van der Waals surface area contributed by atoms with Crippen LogP contribution in [0.25, 0.3) is 0 Å². The fraction of sp³-hybridized carbons (Fsp3) is 0.533. The van der Waals surface area contributed by atoms with Gasteiger partial charge in [0.05, 0.1) is 12.2 Å². The Kier molecular flexibility index (Phi) is 5.03. The fourth-order valence-corrected chi connectivity index (χ4v) is 2.77. The van der Waals surface area contributed by atoms with E-state index in [-0.39, 0.29) is 6.54 Å². The Balaban J connectivity index is 2.33. The maximum atomic E-state index is 13.5. The summed E-state index contributed by atoms with van der Waals surface area (Å²) in [6.45, 7) is 3.73. The van der Waals surface area contributed by atoms with E-state index in [9.17, 15) is 22.4 Å². The van der Waals surface area contributed by atoms with Gasteiger partial charge in [0.15, 0.2) is 0 Å². The predicted molar refractivity (Wildman–Crippen MR) is 72.2 cm³/mol. The van der Waals surface area contributed by atoms with Crippen molar-refractivity contribution in [2.75, 3.05) is 6.54 Å². The number of unbranched alkanes of at least 4 members (excludes halogenated alkanes) is 1. The standard InChI is InChI=1S/C15H17F4N2O/c1-2-3-5-12-11(8-10(16)9-20-12)13-6-4-7-21(13)14(22)15(17,18)19/h8-9,13H,1-7H2/t13-/m1/s1. The van der Waals surface area contributed by atoms with Crippen LogP contribution in [0.15, 0.2) is 12.3 Å². The van der Waals surface area contributed by atoms with Gasteiger partial charge in [0.2, 0.25) is 0 Å². The first-order valence-electron chi connectivity index (χ1n) is 7.16. The molecule has 1 aromatic heterocycles. The molecule has 1 aliphatic rings. The second-order valence-electron chi connectivity index (χ2n) is 5.30. The number of pyridine rings is 1. The van der Waals surface area contributed by atoms with Gasteiger partial charge in [-0.1, -0.05) is 13.3 Å². The third-order valence-corrected chi connectivity index (χ3v) is 3.75. The van der Waals surface area contributed by atoms with Gasteiger partial charge in [0, 0.05) is 12.2 Å². The lowest BCUT2D eigenvalue weighted by Gasteiger charge is -2.27. The van der Waals surface area contributed by atoms with Crippen molar-refractivity contribution >= 4 is 5.91 Å². The van der Waals surface area contributed by atoms with Crippen molar-refractivity contribution in [1.29, 1.82) is 0 Å². The first-order valence-corrected chi connectivity index (χ1v) is 7.16. The topological polar surface area (TPSA) is 33.2 Å². The van der Waals surface area contributed by atoms with E-state index in [1.165, 1.54) is 6.07 Å². The van der Waals surface area contributed by atoms with Gasteiger partial charge in [-0.15, -0.1) is 0 Å². The van der Waals surface area contributed by atoms with Crippen molar-refractivity contribution in [3.63, 3.8) is 0 Å². The number of carbonyl (C=O) groups excluding carboxylic acids is 1. The molecule has 1 fully saturated rings. The highest BCUT2D eigenvalue weighted by Crippen LogP contribution is 2.36. The summed E-state index contributed by atoms with van der Waals surface area (Å²) in [5.74, 6) is -2.48. The lowest BCUT2D eigenvalue weighted by atomic mass is 9.99. The molecule has 0 saturated carbocycles. The molecule has 3 nitrogen and oxygen atoms in total. The molecule has 0 spiro atoms. The lowest BCUT2D eigenvalue weighted by Crippen LogP contribution is -2.40. The molecule has 1 aromatic rings. The Bertz CT molecular complexity index is 545. The van der Waals surface area contributed by atoms with Gasteiger partial charge >= 0.3 is 12.1 Å². The molecule has 2 heterocycles. The number of amides is 1. The quantitative estimate of drug-likeness (QED) is 0.795. The summed E-state index contributed by atoms with van der Waals surface area (Å²) in [6.07, 6.45) is -1.19. The van der Waals surface area contributed by atoms with E-state index < -0.39 is 23.9 Å². The van der Waals surface area contributed by atoms with Crippen LogP contribution in [-0.4, -0.2) is 28.5 Å². The summed E-state index contributed by atoms with van der Waals surface area (Å²) < 4.78 is 51.5. The number of hydrogen-bond acceptors (Lipinski definition) is 2. The zero-order valence-electron chi connectivity index (χ0n) is 12.0. The molecular weight excluding hydrogens is 300 g/mol. The molecule has 1 radical (unpaired) electrons. The molecule has 2 rings (SSSR count). The van der Waals surface area contributed by atoms with Gasteiger partial charge in [0.1, 0.15) is 5.82 Å². The van der Waals surface area contributed by atoms with E-state index in [4.69, 9.17) is 0 Å². The summed E-state index contributed by atoms with van der Waals surface area (Å²) in [5, 5.41) is 0. The number of halogens is 4. The Labute approximate surface area is 126 Å². The molecule has 0 unspecified atom stereocenters. The fourth-order valence-electron chi connectivity index (χ4n) is 2.77. The van der Waals surface area contributed by atoms with Gasteiger partial charge in [-0.3, -0.25) is 9.78 Å². The smallest absolute Gasteiger partial charge is 0.328 e. The number of aryl methyl sites for hydroxylation is 1. The Morgan fingerprint density at radius 3 is 2.82 bits per heavy atom. The molecule has 1 amide bonds. The number of nitrogens with zero attached hydrogens (tertiary/aromatic N) is 2. The van der Waals surface area contributed by atoms with E-state index in [2.05, 4.69) is 11.9 Å². The summed E-state index contributed by atoms with van der Waals surface area (Å²) in [4.78, 5) is 16.3. The highest BCUT2D eigenvalue weighted by atomic mass is 19.4. The molecule has 121 valence electrons. The zero-order valence-corrected chi connectivity index (χ0v) is 12.0. The average molecular weight is 317 g/mol. The van der Waals surface area contributed by atoms with Crippen molar-refractivity contribution in [3.05, 3.63) is 36.3 Å². The second-order valence-corrected chi connectivity index (χ2v) is 5.30. The van der Waals surface area contributed by atoms with E-state index in [0.29, 0.717) is 43.4 Å². The average Bonchev–Trinajstić information content (AvgIpc) is 2.93. The molecule has 0 aromatic carbocycles. The number of likely N-dealkylation sites (tertiary alicyclic amines) is 1. The summed E-state index contributed by atoms with van der Waals surface area (Å²) in [6, 6.07) is 0.426. The number of carbonyl (C=O) groups is 1. The van der Waals surface area contributed by atoms with Crippen LogP contribution in [0.5, 0.6) is 0 Å².